The Morgan fingerprint density at radius 3 is 2.47 bits per heavy atom. The molecule has 17 heavy (non-hydrogen) atoms. The standard InChI is InChI=1S/C10H15NO6/c1-5-2-6(4-17-5)9(14)11-7(10(15)16)3-8(12)13/h5-7H,2-4H2,1H3,(H,11,14)(H,12,13)(H,15,16). The second-order valence-electron chi connectivity index (χ2n) is 4.07. The predicted octanol–water partition coefficient (Wildman–Crippen LogP) is -0.544. The number of carbonyl (C=O) groups is 3. The number of rotatable bonds is 5. The molecule has 3 unspecified atom stereocenters. The van der Waals surface area contributed by atoms with Crippen LogP contribution in [0, 0.1) is 5.92 Å². The summed E-state index contributed by atoms with van der Waals surface area (Å²) in [5.41, 5.74) is 0. The van der Waals surface area contributed by atoms with Gasteiger partial charge in [-0.05, 0) is 13.3 Å². The molecule has 0 saturated carbocycles. The van der Waals surface area contributed by atoms with E-state index in [1.54, 1.807) is 0 Å². The largest absolute Gasteiger partial charge is 0.481 e. The zero-order chi connectivity index (χ0) is 13.0. The monoisotopic (exact) mass is 245 g/mol. The van der Waals surface area contributed by atoms with E-state index < -0.39 is 36.2 Å². The van der Waals surface area contributed by atoms with E-state index in [2.05, 4.69) is 5.32 Å². The highest BCUT2D eigenvalue weighted by Crippen LogP contribution is 2.19. The van der Waals surface area contributed by atoms with Gasteiger partial charge in [0.2, 0.25) is 5.91 Å². The summed E-state index contributed by atoms with van der Waals surface area (Å²) in [5.74, 6) is -3.50. The molecule has 1 heterocycles. The number of hydrogen-bond acceptors (Lipinski definition) is 4. The highest BCUT2D eigenvalue weighted by atomic mass is 16.5. The highest BCUT2D eigenvalue weighted by molar-refractivity contribution is 5.87. The van der Waals surface area contributed by atoms with Gasteiger partial charge in [0.1, 0.15) is 6.04 Å². The summed E-state index contributed by atoms with van der Waals surface area (Å²) in [6, 6.07) is -1.39. The fourth-order valence-electron chi connectivity index (χ4n) is 1.66. The third-order valence-electron chi connectivity index (χ3n) is 2.56. The van der Waals surface area contributed by atoms with E-state index in [0.29, 0.717) is 6.42 Å². The minimum Gasteiger partial charge on any atom is -0.481 e. The average Bonchev–Trinajstić information content (AvgIpc) is 2.63. The Balaban J connectivity index is 2.52. The van der Waals surface area contributed by atoms with Gasteiger partial charge in [0.25, 0.3) is 0 Å². The summed E-state index contributed by atoms with van der Waals surface area (Å²) in [6.07, 6.45) is -0.149. The molecule has 1 aliphatic rings. The van der Waals surface area contributed by atoms with Crippen LogP contribution in [0.4, 0.5) is 0 Å². The molecule has 0 aromatic carbocycles. The van der Waals surface area contributed by atoms with Gasteiger partial charge in [0.05, 0.1) is 25.0 Å². The van der Waals surface area contributed by atoms with Crippen molar-refractivity contribution in [1.82, 2.24) is 5.32 Å². The van der Waals surface area contributed by atoms with Crippen LogP contribution in [-0.2, 0) is 19.1 Å². The number of amides is 1. The molecule has 96 valence electrons. The molecule has 7 heteroatoms. The van der Waals surface area contributed by atoms with Crippen LogP contribution < -0.4 is 5.32 Å². The Morgan fingerprint density at radius 1 is 1.41 bits per heavy atom. The lowest BCUT2D eigenvalue weighted by molar-refractivity contribution is -0.147. The molecule has 3 N–H and O–H groups in total. The van der Waals surface area contributed by atoms with Crippen molar-refractivity contribution in [2.24, 2.45) is 5.92 Å². The Labute approximate surface area is 97.8 Å². The number of nitrogens with one attached hydrogen (secondary N) is 1. The fraction of sp³-hybridized carbons (Fsp3) is 0.700. The third kappa shape index (κ3) is 4.03. The van der Waals surface area contributed by atoms with Crippen molar-refractivity contribution < 1.29 is 29.3 Å². The van der Waals surface area contributed by atoms with E-state index in [4.69, 9.17) is 14.9 Å². The van der Waals surface area contributed by atoms with Gasteiger partial charge in [-0.1, -0.05) is 0 Å². The van der Waals surface area contributed by atoms with Crippen LogP contribution in [-0.4, -0.2) is 46.8 Å². The molecular formula is C10H15NO6. The molecular weight excluding hydrogens is 230 g/mol. The zero-order valence-corrected chi connectivity index (χ0v) is 9.38. The minimum atomic E-state index is -1.39. The summed E-state index contributed by atoms with van der Waals surface area (Å²) < 4.78 is 5.19. The normalized spacial score (nSPS) is 25.2. The number of carboxylic acids is 2. The summed E-state index contributed by atoms with van der Waals surface area (Å²) in [7, 11) is 0. The minimum absolute atomic E-state index is 0.0338. The number of aliphatic carboxylic acids is 2. The smallest absolute Gasteiger partial charge is 0.326 e. The van der Waals surface area contributed by atoms with Gasteiger partial charge in [-0.3, -0.25) is 9.59 Å². The Hall–Kier alpha value is -1.63. The quantitative estimate of drug-likeness (QED) is 0.599. The van der Waals surface area contributed by atoms with E-state index in [9.17, 15) is 14.4 Å². The first-order chi connectivity index (χ1) is 7.90. The van der Waals surface area contributed by atoms with Crippen LogP contribution in [0.25, 0.3) is 0 Å². The number of carboxylic acid groups (broad SMARTS) is 2. The summed E-state index contributed by atoms with van der Waals surface area (Å²) in [6.45, 7) is 2.06. The van der Waals surface area contributed by atoms with Gasteiger partial charge in [0.15, 0.2) is 0 Å². The van der Waals surface area contributed by atoms with Crippen molar-refractivity contribution in [2.75, 3.05) is 6.61 Å². The second-order valence-corrected chi connectivity index (χ2v) is 4.07. The van der Waals surface area contributed by atoms with Gasteiger partial charge in [-0.15, -0.1) is 0 Å². The van der Waals surface area contributed by atoms with Gasteiger partial charge in [0, 0.05) is 0 Å². The molecule has 3 atom stereocenters. The van der Waals surface area contributed by atoms with Gasteiger partial charge in [-0.25, -0.2) is 4.79 Å². The lowest BCUT2D eigenvalue weighted by Gasteiger charge is -2.14. The average molecular weight is 245 g/mol. The topological polar surface area (TPSA) is 113 Å². The number of hydrogen-bond donors (Lipinski definition) is 3. The van der Waals surface area contributed by atoms with Crippen LogP contribution in [0.1, 0.15) is 19.8 Å². The third-order valence-corrected chi connectivity index (χ3v) is 2.56. The lowest BCUT2D eigenvalue weighted by atomic mass is 10.0. The highest BCUT2D eigenvalue weighted by Gasteiger charge is 2.31. The number of carbonyl (C=O) groups excluding carboxylic acids is 1. The van der Waals surface area contributed by atoms with E-state index in [0.717, 1.165) is 0 Å². The van der Waals surface area contributed by atoms with Crippen molar-refractivity contribution in [1.29, 1.82) is 0 Å². The molecule has 0 bridgehead atoms. The van der Waals surface area contributed by atoms with E-state index in [-0.39, 0.29) is 12.7 Å². The van der Waals surface area contributed by atoms with Crippen molar-refractivity contribution in [3.63, 3.8) is 0 Å². The predicted molar refractivity (Wildman–Crippen MR) is 55.3 cm³/mol. The van der Waals surface area contributed by atoms with Crippen molar-refractivity contribution in [3.8, 4) is 0 Å². The molecule has 7 nitrogen and oxygen atoms in total. The molecule has 0 radical (unpaired) electrons. The molecule has 1 fully saturated rings. The molecule has 1 aliphatic heterocycles. The SMILES string of the molecule is CC1CC(C(=O)NC(CC(=O)O)C(=O)O)CO1. The zero-order valence-electron chi connectivity index (χ0n) is 9.38. The Bertz CT molecular complexity index is 329. The summed E-state index contributed by atoms with van der Waals surface area (Å²) in [4.78, 5) is 32.8. The summed E-state index contributed by atoms with van der Waals surface area (Å²) in [5, 5.41) is 19.5. The van der Waals surface area contributed by atoms with Crippen molar-refractivity contribution in [3.05, 3.63) is 0 Å². The van der Waals surface area contributed by atoms with Crippen LogP contribution >= 0.6 is 0 Å². The van der Waals surface area contributed by atoms with E-state index in [1.807, 2.05) is 6.92 Å². The van der Waals surface area contributed by atoms with Gasteiger partial charge >= 0.3 is 11.9 Å². The Kier molecular flexibility index (Phi) is 4.45. The molecule has 1 rings (SSSR count). The van der Waals surface area contributed by atoms with Crippen molar-refractivity contribution >= 4 is 17.8 Å². The molecule has 0 spiro atoms. The summed E-state index contributed by atoms with van der Waals surface area (Å²) >= 11 is 0. The van der Waals surface area contributed by atoms with Gasteiger partial charge in [-0.2, -0.15) is 0 Å². The van der Waals surface area contributed by atoms with E-state index in [1.165, 1.54) is 0 Å². The first-order valence-electron chi connectivity index (χ1n) is 5.26. The Morgan fingerprint density at radius 2 is 2.06 bits per heavy atom. The maximum absolute atomic E-state index is 11.6. The second kappa shape index (κ2) is 5.62. The van der Waals surface area contributed by atoms with Crippen LogP contribution in [0.3, 0.4) is 0 Å². The molecule has 0 aliphatic carbocycles. The molecule has 0 aromatic rings. The van der Waals surface area contributed by atoms with Crippen LogP contribution in [0.5, 0.6) is 0 Å². The van der Waals surface area contributed by atoms with Crippen molar-refractivity contribution in [2.45, 2.75) is 31.9 Å². The fourth-order valence-corrected chi connectivity index (χ4v) is 1.66. The van der Waals surface area contributed by atoms with Gasteiger partial charge < -0.3 is 20.3 Å². The van der Waals surface area contributed by atoms with Crippen LogP contribution in [0.15, 0.2) is 0 Å². The first-order valence-corrected chi connectivity index (χ1v) is 5.26. The lowest BCUT2D eigenvalue weighted by Crippen LogP contribution is -2.45. The first kappa shape index (κ1) is 13.4. The maximum Gasteiger partial charge on any atom is 0.326 e. The molecule has 1 amide bonds. The van der Waals surface area contributed by atoms with E-state index >= 15 is 0 Å². The van der Waals surface area contributed by atoms with Crippen LogP contribution in [0.2, 0.25) is 0 Å². The maximum atomic E-state index is 11.6. The molecule has 0 aromatic heterocycles. The number of ether oxygens (including phenoxy) is 1. The molecule has 1 saturated heterocycles.